The maximum Gasteiger partial charge on any atom is 0.335 e. The number of rotatable bonds is 7. The fraction of sp³-hybridized carbons (Fsp3) is 0.136. The minimum Gasteiger partial charge on any atom is -0.508 e. The van der Waals surface area contributed by atoms with Crippen LogP contribution in [-0.4, -0.2) is 26.4 Å². The summed E-state index contributed by atoms with van der Waals surface area (Å²) in [6, 6.07) is 19.1. The number of benzene rings is 3. The number of carboxylic acid groups (broad SMARTS) is 1. The lowest BCUT2D eigenvalue weighted by Crippen LogP contribution is -2.15. The standard InChI is InChI=1S/C22H21NO5/c24-18-10-6-14(7-11-18)21(26)13-20(16-2-1-3-19(25)12-16)23-17-8-4-15(5-9-17)22(27)28/h1-12,20-21,23-26H,13H2,(H,27,28). The molecule has 0 radical (unpaired) electrons. The molecule has 0 saturated carbocycles. The van der Waals surface area contributed by atoms with Gasteiger partial charge in [-0.05, 0) is 59.7 Å². The van der Waals surface area contributed by atoms with Crippen LogP contribution in [0.15, 0.2) is 72.8 Å². The molecule has 28 heavy (non-hydrogen) atoms. The predicted molar refractivity (Wildman–Crippen MR) is 106 cm³/mol. The van der Waals surface area contributed by atoms with Gasteiger partial charge >= 0.3 is 5.97 Å². The highest BCUT2D eigenvalue weighted by atomic mass is 16.4. The Bertz CT molecular complexity index is 938. The van der Waals surface area contributed by atoms with Crippen LogP contribution < -0.4 is 5.32 Å². The minimum atomic E-state index is -1.00. The molecule has 0 aliphatic carbocycles. The summed E-state index contributed by atoms with van der Waals surface area (Å²) in [5.41, 5.74) is 2.31. The SMILES string of the molecule is O=C(O)c1ccc(NC(CC(O)c2ccc(O)cc2)c2cccc(O)c2)cc1. The number of carbonyl (C=O) groups is 1. The van der Waals surface area contributed by atoms with Crippen molar-refractivity contribution in [2.75, 3.05) is 5.32 Å². The van der Waals surface area contributed by atoms with Gasteiger partial charge in [0, 0.05) is 12.1 Å². The van der Waals surface area contributed by atoms with Gasteiger partial charge in [0.25, 0.3) is 0 Å². The molecule has 6 heteroatoms. The fourth-order valence-corrected chi connectivity index (χ4v) is 2.99. The monoisotopic (exact) mass is 379 g/mol. The summed E-state index contributed by atoms with van der Waals surface area (Å²) in [6.45, 7) is 0. The van der Waals surface area contributed by atoms with Gasteiger partial charge in [-0.2, -0.15) is 0 Å². The number of phenolic OH excluding ortho intramolecular Hbond substituents is 2. The Kier molecular flexibility index (Phi) is 5.81. The normalized spacial score (nSPS) is 12.9. The number of anilines is 1. The van der Waals surface area contributed by atoms with E-state index in [1.165, 1.54) is 24.3 Å². The molecule has 2 unspecified atom stereocenters. The number of aromatic carboxylic acids is 1. The number of phenols is 2. The molecule has 0 fully saturated rings. The van der Waals surface area contributed by atoms with Gasteiger partial charge in [-0.1, -0.05) is 24.3 Å². The lowest BCUT2D eigenvalue weighted by atomic mass is 9.96. The van der Waals surface area contributed by atoms with Crippen molar-refractivity contribution in [3.05, 3.63) is 89.5 Å². The van der Waals surface area contributed by atoms with Gasteiger partial charge in [-0.15, -0.1) is 0 Å². The average Bonchev–Trinajstić information content (AvgIpc) is 2.68. The van der Waals surface area contributed by atoms with Gasteiger partial charge in [0.2, 0.25) is 0 Å². The molecule has 3 rings (SSSR count). The van der Waals surface area contributed by atoms with E-state index in [0.717, 1.165) is 5.56 Å². The third kappa shape index (κ3) is 4.81. The molecule has 0 spiro atoms. The average molecular weight is 379 g/mol. The first-order valence-electron chi connectivity index (χ1n) is 8.78. The molecule has 0 bridgehead atoms. The summed E-state index contributed by atoms with van der Waals surface area (Å²) in [5, 5.41) is 42.2. The lowest BCUT2D eigenvalue weighted by Gasteiger charge is -2.24. The highest BCUT2D eigenvalue weighted by Crippen LogP contribution is 2.31. The first kappa shape index (κ1) is 19.3. The summed E-state index contributed by atoms with van der Waals surface area (Å²) in [5.74, 6) is -0.763. The van der Waals surface area contributed by atoms with Crippen LogP contribution in [0, 0.1) is 0 Å². The van der Waals surface area contributed by atoms with Crippen LogP contribution in [0.1, 0.15) is 40.1 Å². The maximum atomic E-state index is 11.0. The molecule has 5 N–H and O–H groups in total. The summed E-state index contributed by atoms with van der Waals surface area (Å²) in [7, 11) is 0. The molecule has 0 amide bonds. The van der Waals surface area contributed by atoms with Crippen molar-refractivity contribution in [2.45, 2.75) is 18.6 Å². The van der Waals surface area contributed by atoms with E-state index in [0.29, 0.717) is 17.7 Å². The molecule has 6 nitrogen and oxygen atoms in total. The second-order valence-electron chi connectivity index (χ2n) is 6.52. The number of aromatic hydroxyl groups is 2. The smallest absolute Gasteiger partial charge is 0.335 e. The molecule has 144 valence electrons. The van der Waals surface area contributed by atoms with Crippen LogP contribution in [0.25, 0.3) is 0 Å². The van der Waals surface area contributed by atoms with Crippen molar-refractivity contribution in [3.8, 4) is 11.5 Å². The highest BCUT2D eigenvalue weighted by molar-refractivity contribution is 5.88. The van der Waals surface area contributed by atoms with E-state index in [1.54, 1.807) is 42.5 Å². The van der Waals surface area contributed by atoms with E-state index in [2.05, 4.69) is 5.32 Å². The Morgan fingerprint density at radius 3 is 2.14 bits per heavy atom. The quantitative estimate of drug-likeness (QED) is 0.423. The number of carboxylic acids is 1. The van der Waals surface area contributed by atoms with E-state index in [9.17, 15) is 20.1 Å². The van der Waals surface area contributed by atoms with Gasteiger partial charge < -0.3 is 25.7 Å². The molecule has 0 aliphatic heterocycles. The summed E-state index contributed by atoms with van der Waals surface area (Å²) < 4.78 is 0. The third-order valence-corrected chi connectivity index (χ3v) is 4.48. The Labute approximate surface area is 162 Å². The summed E-state index contributed by atoms with van der Waals surface area (Å²) >= 11 is 0. The molecule has 3 aromatic rings. The van der Waals surface area contributed by atoms with Crippen LogP contribution >= 0.6 is 0 Å². The Morgan fingerprint density at radius 2 is 1.54 bits per heavy atom. The molecule has 0 saturated heterocycles. The summed E-state index contributed by atoms with van der Waals surface area (Å²) in [6.07, 6.45) is -0.506. The van der Waals surface area contributed by atoms with Crippen molar-refractivity contribution in [1.29, 1.82) is 0 Å². The predicted octanol–water partition coefficient (Wildman–Crippen LogP) is 4.07. The van der Waals surface area contributed by atoms with Crippen molar-refractivity contribution < 1.29 is 25.2 Å². The zero-order valence-corrected chi connectivity index (χ0v) is 15.0. The molecule has 0 aliphatic rings. The largest absolute Gasteiger partial charge is 0.508 e. The number of aliphatic hydroxyl groups excluding tert-OH is 1. The van der Waals surface area contributed by atoms with Crippen molar-refractivity contribution >= 4 is 11.7 Å². The topological polar surface area (TPSA) is 110 Å². The van der Waals surface area contributed by atoms with Crippen molar-refractivity contribution in [3.63, 3.8) is 0 Å². The van der Waals surface area contributed by atoms with Crippen molar-refractivity contribution in [1.82, 2.24) is 0 Å². The molecule has 0 heterocycles. The number of aliphatic hydroxyl groups is 1. The number of hydrogen-bond donors (Lipinski definition) is 5. The first-order valence-corrected chi connectivity index (χ1v) is 8.78. The maximum absolute atomic E-state index is 11.0. The van der Waals surface area contributed by atoms with E-state index >= 15 is 0 Å². The minimum absolute atomic E-state index is 0.115. The van der Waals surface area contributed by atoms with Gasteiger partial charge in [0.1, 0.15) is 11.5 Å². The Morgan fingerprint density at radius 1 is 0.857 bits per heavy atom. The fourth-order valence-electron chi connectivity index (χ4n) is 2.99. The van der Waals surface area contributed by atoms with E-state index < -0.39 is 12.1 Å². The van der Waals surface area contributed by atoms with Gasteiger partial charge in [0.05, 0.1) is 17.7 Å². The van der Waals surface area contributed by atoms with E-state index in [1.807, 2.05) is 6.07 Å². The van der Waals surface area contributed by atoms with Gasteiger partial charge in [-0.25, -0.2) is 4.79 Å². The number of hydrogen-bond acceptors (Lipinski definition) is 5. The number of nitrogens with one attached hydrogen (secondary N) is 1. The van der Waals surface area contributed by atoms with E-state index in [-0.39, 0.29) is 23.1 Å². The first-order chi connectivity index (χ1) is 13.4. The van der Waals surface area contributed by atoms with Gasteiger partial charge in [0.15, 0.2) is 0 Å². The van der Waals surface area contributed by atoms with Crippen LogP contribution in [0.3, 0.4) is 0 Å². The molecule has 3 aromatic carbocycles. The zero-order chi connectivity index (χ0) is 20.1. The lowest BCUT2D eigenvalue weighted by molar-refractivity contribution is 0.0697. The van der Waals surface area contributed by atoms with Crippen LogP contribution in [0.2, 0.25) is 0 Å². The second kappa shape index (κ2) is 8.45. The molecule has 0 aromatic heterocycles. The zero-order valence-electron chi connectivity index (χ0n) is 15.0. The van der Waals surface area contributed by atoms with Gasteiger partial charge in [-0.3, -0.25) is 0 Å². The van der Waals surface area contributed by atoms with Crippen LogP contribution in [0.5, 0.6) is 11.5 Å². The van der Waals surface area contributed by atoms with Crippen LogP contribution in [0.4, 0.5) is 5.69 Å². The van der Waals surface area contributed by atoms with Crippen molar-refractivity contribution in [2.24, 2.45) is 0 Å². The second-order valence-corrected chi connectivity index (χ2v) is 6.52. The van der Waals surface area contributed by atoms with Crippen LogP contribution in [-0.2, 0) is 0 Å². The Hall–Kier alpha value is -3.51. The molecule has 2 atom stereocenters. The summed E-state index contributed by atoms with van der Waals surface area (Å²) in [4.78, 5) is 11.0. The highest BCUT2D eigenvalue weighted by Gasteiger charge is 2.19. The third-order valence-electron chi connectivity index (χ3n) is 4.48. The molecular weight excluding hydrogens is 358 g/mol. The molecular formula is C22H21NO5. The van der Waals surface area contributed by atoms with E-state index in [4.69, 9.17) is 5.11 Å². The Balaban J connectivity index is 1.84.